The Labute approximate surface area is 207 Å². The fraction of sp³-hybridized carbons (Fsp3) is 0.308. The maximum atomic E-state index is 13.2. The molecule has 8 nitrogen and oxygen atoms in total. The molecule has 1 aromatic heterocycles. The molecule has 35 heavy (non-hydrogen) atoms. The Balaban J connectivity index is 1.48. The summed E-state index contributed by atoms with van der Waals surface area (Å²) in [5.41, 5.74) is 5.74. The number of hydrogen-bond acceptors (Lipinski definition) is 7. The van der Waals surface area contributed by atoms with Crippen LogP contribution >= 0.6 is 11.6 Å². The number of ether oxygens (including phenoxy) is 1. The van der Waals surface area contributed by atoms with E-state index in [2.05, 4.69) is 14.9 Å². The van der Waals surface area contributed by atoms with Crippen LogP contribution in [0.15, 0.2) is 54.7 Å². The minimum absolute atomic E-state index is 0.0292. The number of nitrogens with two attached hydrogens (primary N) is 1. The summed E-state index contributed by atoms with van der Waals surface area (Å²) in [5.74, 6) is -1.09. The van der Waals surface area contributed by atoms with Crippen LogP contribution in [0, 0.1) is 0 Å². The fourth-order valence-corrected chi connectivity index (χ4v) is 4.94. The number of anilines is 1. The average Bonchev–Trinajstić information content (AvgIpc) is 3.17. The highest BCUT2D eigenvalue weighted by molar-refractivity contribution is 6.30. The van der Waals surface area contributed by atoms with Crippen LogP contribution in [-0.4, -0.2) is 46.1 Å². The molecule has 3 aromatic rings. The summed E-state index contributed by atoms with van der Waals surface area (Å²) in [4.78, 5) is 36.8. The number of rotatable bonds is 5. The molecule has 1 saturated heterocycles. The number of aromatic nitrogens is 2. The second kappa shape index (κ2) is 9.28. The highest BCUT2D eigenvalue weighted by Gasteiger charge is 2.52. The Morgan fingerprint density at radius 2 is 1.80 bits per heavy atom. The number of carbonyl (C=O) groups is 2. The van der Waals surface area contributed by atoms with Crippen molar-refractivity contribution in [3.63, 3.8) is 0 Å². The predicted octanol–water partition coefficient (Wildman–Crippen LogP) is 3.24. The highest BCUT2D eigenvalue weighted by atomic mass is 35.5. The van der Waals surface area contributed by atoms with Crippen LogP contribution < -0.4 is 10.6 Å². The molecule has 2 atom stereocenters. The minimum atomic E-state index is -2.12. The smallest absolute Gasteiger partial charge is 0.358 e. The second-order valence-electron chi connectivity index (χ2n) is 8.87. The number of hydrogen-bond donors (Lipinski definition) is 2. The van der Waals surface area contributed by atoms with Crippen LogP contribution in [0.2, 0.25) is 5.02 Å². The molecular formula is C26H25ClN4O4. The molecule has 2 heterocycles. The standard InChI is InChI=1S/C26H25ClN4O4/c27-18-10-8-16(9-11-18)22-23(31-12-4-1-5-13-31)29-15-20(30-22)24(32)35-21-14-17-6-2-3-7-19(17)26(21,34)25(28)33/h2-3,6-11,15,21,34H,1,4-5,12-14H2,(H2,28,33). The van der Waals surface area contributed by atoms with Gasteiger partial charge in [0.25, 0.3) is 5.91 Å². The van der Waals surface area contributed by atoms with Crippen LogP contribution in [0.5, 0.6) is 0 Å². The van der Waals surface area contributed by atoms with Gasteiger partial charge in [0.15, 0.2) is 11.5 Å². The van der Waals surface area contributed by atoms with E-state index in [4.69, 9.17) is 22.1 Å². The number of carbonyl (C=O) groups excluding carboxylic acids is 2. The first-order valence-electron chi connectivity index (χ1n) is 11.6. The maximum Gasteiger partial charge on any atom is 0.358 e. The van der Waals surface area contributed by atoms with Crippen LogP contribution in [0.1, 0.15) is 40.9 Å². The van der Waals surface area contributed by atoms with E-state index in [1.165, 1.54) is 6.20 Å². The number of halogens is 1. The summed E-state index contributed by atoms with van der Waals surface area (Å²) >= 11 is 6.07. The Kier molecular flexibility index (Phi) is 6.17. The van der Waals surface area contributed by atoms with E-state index in [0.29, 0.717) is 27.7 Å². The SMILES string of the molecule is NC(=O)C1(O)c2ccccc2CC1OC(=O)c1cnc(N2CCCCC2)c(-c2ccc(Cl)cc2)n1. The van der Waals surface area contributed by atoms with Gasteiger partial charge in [0, 0.05) is 35.7 Å². The summed E-state index contributed by atoms with van der Waals surface area (Å²) < 4.78 is 5.63. The Morgan fingerprint density at radius 1 is 1.09 bits per heavy atom. The molecule has 1 fully saturated rings. The number of esters is 1. The van der Waals surface area contributed by atoms with E-state index in [1.54, 1.807) is 36.4 Å². The van der Waals surface area contributed by atoms with E-state index in [9.17, 15) is 14.7 Å². The number of amides is 1. The monoisotopic (exact) mass is 492 g/mol. The third kappa shape index (κ3) is 4.24. The molecule has 0 spiro atoms. The molecule has 2 aliphatic rings. The van der Waals surface area contributed by atoms with Gasteiger partial charge in [-0.15, -0.1) is 0 Å². The Hall–Kier alpha value is -3.49. The van der Waals surface area contributed by atoms with Gasteiger partial charge < -0.3 is 20.5 Å². The molecule has 9 heteroatoms. The van der Waals surface area contributed by atoms with Crippen LogP contribution in [0.4, 0.5) is 5.82 Å². The molecule has 1 amide bonds. The lowest BCUT2D eigenvalue weighted by Gasteiger charge is -2.29. The van der Waals surface area contributed by atoms with Crippen molar-refractivity contribution in [2.75, 3.05) is 18.0 Å². The Bertz CT molecular complexity index is 1280. The third-order valence-electron chi connectivity index (χ3n) is 6.66. The number of primary amides is 1. The van der Waals surface area contributed by atoms with Gasteiger partial charge in [-0.3, -0.25) is 4.79 Å². The van der Waals surface area contributed by atoms with Crippen molar-refractivity contribution in [2.24, 2.45) is 5.73 Å². The number of aliphatic hydroxyl groups is 1. The molecule has 3 N–H and O–H groups in total. The van der Waals surface area contributed by atoms with Gasteiger partial charge in [0.1, 0.15) is 11.8 Å². The van der Waals surface area contributed by atoms with E-state index in [0.717, 1.165) is 37.9 Å². The molecule has 5 rings (SSSR count). The van der Waals surface area contributed by atoms with Gasteiger partial charge in [-0.2, -0.15) is 0 Å². The van der Waals surface area contributed by atoms with Crippen molar-refractivity contribution in [2.45, 2.75) is 37.4 Å². The fourth-order valence-electron chi connectivity index (χ4n) is 4.82. The van der Waals surface area contributed by atoms with Gasteiger partial charge in [0.05, 0.1) is 6.20 Å². The quantitative estimate of drug-likeness (QED) is 0.525. The second-order valence-corrected chi connectivity index (χ2v) is 9.30. The topological polar surface area (TPSA) is 119 Å². The largest absolute Gasteiger partial charge is 0.453 e. The van der Waals surface area contributed by atoms with Crippen molar-refractivity contribution >= 4 is 29.3 Å². The summed E-state index contributed by atoms with van der Waals surface area (Å²) in [6.07, 6.45) is 3.63. The maximum absolute atomic E-state index is 13.2. The van der Waals surface area contributed by atoms with E-state index in [1.807, 2.05) is 12.1 Å². The van der Waals surface area contributed by atoms with Crippen molar-refractivity contribution in [1.29, 1.82) is 0 Å². The van der Waals surface area contributed by atoms with Crippen molar-refractivity contribution in [1.82, 2.24) is 9.97 Å². The highest BCUT2D eigenvalue weighted by Crippen LogP contribution is 2.39. The minimum Gasteiger partial charge on any atom is -0.453 e. The summed E-state index contributed by atoms with van der Waals surface area (Å²) in [5, 5.41) is 11.7. The number of fused-ring (bicyclic) bond motifs is 1. The lowest BCUT2D eigenvalue weighted by atomic mass is 9.93. The van der Waals surface area contributed by atoms with E-state index < -0.39 is 23.6 Å². The number of benzene rings is 2. The molecular weight excluding hydrogens is 468 g/mol. The van der Waals surface area contributed by atoms with Crippen molar-refractivity contribution in [3.05, 3.63) is 76.6 Å². The molecule has 1 aliphatic heterocycles. The number of piperidine rings is 1. The van der Waals surface area contributed by atoms with Gasteiger partial charge in [0.2, 0.25) is 5.60 Å². The summed E-state index contributed by atoms with van der Waals surface area (Å²) in [6.45, 7) is 1.70. The molecule has 0 saturated carbocycles. The molecule has 1 aliphatic carbocycles. The Morgan fingerprint density at radius 3 is 2.51 bits per heavy atom. The first kappa shape index (κ1) is 23.3. The van der Waals surface area contributed by atoms with Gasteiger partial charge in [-0.05, 0) is 37.0 Å². The van der Waals surface area contributed by atoms with Crippen LogP contribution in [0.3, 0.4) is 0 Å². The average molecular weight is 493 g/mol. The van der Waals surface area contributed by atoms with Crippen LogP contribution in [-0.2, 0) is 21.6 Å². The van der Waals surface area contributed by atoms with Crippen molar-refractivity contribution < 1.29 is 19.4 Å². The van der Waals surface area contributed by atoms with E-state index >= 15 is 0 Å². The van der Waals surface area contributed by atoms with Crippen molar-refractivity contribution in [3.8, 4) is 11.3 Å². The third-order valence-corrected chi connectivity index (χ3v) is 6.91. The lowest BCUT2D eigenvalue weighted by molar-refractivity contribution is -0.149. The molecule has 0 bridgehead atoms. The zero-order valence-electron chi connectivity index (χ0n) is 19.0. The lowest BCUT2D eigenvalue weighted by Crippen LogP contribution is -2.49. The zero-order valence-corrected chi connectivity index (χ0v) is 19.7. The zero-order chi connectivity index (χ0) is 24.6. The number of nitrogens with zero attached hydrogens (tertiary/aromatic N) is 3. The molecule has 2 unspecified atom stereocenters. The summed E-state index contributed by atoms with van der Waals surface area (Å²) in [7, 11) is 0. The first-order valence-corrected chi connectivity index (χ1v) is 12.0. The van der Waals surface area contributed by atoms with Crippen LogP contribution in [0.25, 0.3) is 11.3 Å². The predicted molar refractivity (Wildman–Crippen MR) is 131 cm³/mol. The normalized spacial score (nSPS) is 21.4. The molecule has 2 aromatic carbocycles. The summed E-state index contributed by atoms with van der Waals surface area (Å²) in [6, 6.07) is 14.0. The van der Waals surface area contributed by atoms with Gasteiger partial charge in [-0.25, -0.2) is 14.8 Å². The van der Waals surface area contributed by atoms with E-state index in [-0.39, 0.29) is 12.1 Å². The van der Waals surface area contributed by atoms with Gasteiger partial charge >= 0.3 is 5.97 Å². The molecule has 0 radical (unpaired) electrons. The first-order chi connectivity index (χ1) is 16.9. The molecule has 180 valence electrons. The van der Waals surface area contributed by atoms with Gasteiger partial charge in [-0.1, -0.05) is 48.0 Å².